The Bertz CT molecular complexity index is 795. The Labute approximate surface area is 165 Å². The Morgan fingerprint density at radius 3 is 2.85 bits per heavy atom. The first-order valence-corrected chi connectivity index (χ1v) is 10.2. The number of fused-ring (bicyclic) bond motifs is 1. The largest absolute Gasteiger partial charge is 0.460 e. The van der Waals surface area contributed by atoms with Crippen LogP contribution in [0.4, 0.5) is 0 Å². The van der Waals surface area contributed by atoms with Crippen LogP contribution in [0.1, 0.15) is 33.6 Å². The standard InChI is InChI=1S/C21H28N2O3S/c1-15-11-16(13-21(2,3)12-15)23(9-10-25-4)19(24)14-26-20-22-17-7-5-6-8-18(17)27-20/h5-8,13,15H,9-12,14H2,1-4H3. The molecule has 1 atom stereocenters. The summed E-state index contributed by atoms with van der Waals surface area (Å²) < 4.78 is 12.0. The van der Waals surface area contributed by atoms with Crippen LogP contribution in [-0.2, 0) is 9.53 Å². The smallest absolute Gasteiger partial charge is 0.274 e. The summed E-state index contributed by atoms with van der Waals surface area (Å²) in [5.74, 6) is 0.491. The van der Waals surface area contributed by atoms with Gasteiger partial charge in [0.2, 0.25) is 0 Å². The topological polar surface area (TPSA) is 51.7 Å². The summed E-state index contributed by atoms with van der Waals surface area (Å²) in [6, 6.07) is 7.87. The zero-order valence-corrected chi connectivity index (χ0v) is 17.3. The number of aromatic nitrogens is 1. The Morgan fingerprint density at radius 2 is 2.15 bits per heavy atom. The van der Waals surface area contributed by atoms with Gasteiger partial charge in [0.05, 0.1) is 16.8 Å². The minimum atomic E-state index is -0.0533. The van der Waals surface area contributed by atoms with Crippen molar-refractivity contribution in [2.75, 3.05) is 26.9 Å². The van der Waals surface area contributed by atoms with Crippen molar-refractivity contribution in [1.82, 2.24) is 9.88 Å². The summed E-state index contributed by atoms with van der Waals surface area (Å²) in [6.07, 6.45) is 4.27. The third-order valence-electron chi connectivity index (χ3n) is 4.75. The molecule has 5 nitrogen and oxygen atoms in total. The van der Waals surface area contributed by atoms with Crippen LogP contribution < -0.4 is 4.74 Å². The lowest BCUT2D eigenvalue weighted by molar-refractivity contribution is -0.132. The maximum Gasteiger partial charge on any atom is 0.274 e. The van der Waals surface area contributed by atoms with Crippen LogP contribution in [0.5, 0.6) is 5.19 Å². The molecule has 0 spiro atoms. The third-order valence-corrected chi connectivity index (χ3v) is 5.70. The lowest BCUT2D eigenvalue weighted by atomic mass is 9.76. The van der Waals surface area contributed by atoms with Crippen molar-refractivity contribution in [2.24, 2.45) is 11.3 Å². The van der Waals surface area contributed by atoms with E-state index in [1.54, 1.807) is 7.11 Å². The van der Waals surface area contributed by atoms with Crippen molar-refractivity contribution in [3.63, 3.8) is 0 Å². The number of rotatable bonds is 7. The van der Waals surface area contributed by atoms with E-state index in [0.717, 1.165) is 28.8 Å². The summed E-state index contributed by atoms with van der Waals surface area (Å²) in [5.41, 5.74) is 2.06. The zero-order valence-electron chi connectivity index (χ0n) is 16.5. The van der Waals surface area contributed by atoms with E-state index in [2.05, 4.69) is 31.8 Å². The monoisotopic (exact) mass is 388 g/mol. The number of benzene rings is 1. The van der Waals surface area contributed by atoms with Gasteiger partial charge in [-0.1, -0.05) is 50.3 Å². The van der Waals surface area contributed by atoms with E-state index in [4.69, 9.17) is 9.47 Å². The summed E-state index contributed by atoms with van der Waals surface area (Å²) in [6.45, 7) is 7.70. The van der Waals surface area contributed by atoms with Crippen LogP contribution in [-0.4, -0.2) is 42.7 Å². The molecule has 146 valence electrons. The van der Waals surface area contributed by atoms with Crippen molar-refractivity contribution in [1.29, 1.82) is 0 Å². The van der Waals surface area contributed by atoms with Crippen molar-refractivity contribution in [3.8, 4) is 5.19 Å². The summed E-state index contributed by atoms with van der Waals surface area (Å²) in [4.78, 5) is 19.2. The predicted octanol–water partition coefficient (Wildman–Crippen LogP) is 4.49. The average molecular weight is 389 g/mol. The van der Waals surface area contributed by atoms with Crippen molar-refractivity contribution in [3.05, 3.63) is 36.0 Å². The molecule has 0 bridgehead atoms. The molecular formula is C21H28N2O3S. The second-order valence-electron chi connectivity index (χ2n) is 7.91. The number of nitrogens with zero attached hydrogens (tertiary/aromatic N) is 2. The van der Waals surface area contributed by atoms with Gasteiger partial charge in [0.15, 0.2) is 6.61 Å². The highest BCUT2D eigenvalue weighted by molar-refractivity contribution is 7.20. The molecule has 1 amide bonds. The fraction of sp³-hybridized carbons (Fsp3) is 0.524. The maximum absolute atomic E-state index is 12.9. The van der Waals surface area contributed by atoms with E-state index >= 15 is 0 Å². The molecule has 27 heavy (non-hydrogen) atoms. The first-order chi connectivity index (χ1) is 12.9. The van der Waals surface area contributed by atoms with E-state index < -0.39 is 0 Å². The van der Waals surface area contributed by atoms with E-state index in [1.807, 2.05) is 29.2 Å². The number of ether oxygens (including phenoxy) is 2. The normalized spacial score (nSPS) is 19.0. The SMILES string of the molecule is COCCN(C(=O)COc1nc2ccccc2s1)C1=CC(C)(C)CC(C)C1. The molecule has 6 heteroatoms. The molecule has 0 aliphatic heterocycles. The predicted molar refractivity (Wildman–Crippen MR) is 109 cm³/mol. The van der Waals surface area contributed by atoms with Gasteiger partial charge in [0.25, 0.3) is 11.1 Å². The van der Waals surface area contributed by atoms with Gasteiger partial charge < -0.3 is 14.4 Å². The summed E-state index contributed by atoms with van der Waals surface area (Å²) >= 11 is 1.46. The van der Waals surface area contributed by atoms with Crippen LogP contribution in [0.2, 0.25) is 0 Å². The first-order valence-electron chi connectivity index (χ1n) is 9.37. The number of allylic oxidation sites excluding steroid dienone is 2. The fourth-order valence-electron chi connectivity index (χ4n) is 3.81. The van der Waals surface area contributed by atoms with Crippen molar-refractivity contribution < 1.29 is 14.3 Å². The quantitative estimate of drug-likeness (QED) is 0.701. The van der Waals surface area contributed by atoms with Gasteiger partial charge in [-0.3, -0.25) is 4.79 Å². The molecule has 1 aliphatic rings. The number of thiazole rings is 1. The summed E-state index contributed by atoms with van der Waals surface area (Å²) in [7, 11) is 1.65. The molecule has 3 rings (SSSR count). The highest BCUT2D eigenvalue weighted by atomic mass is 32.1. The van der Waals surface area contributed by atoms with Crippen molar-refractivity contribution in [2.45, 2.75) is 33.6 Å². The van der Waals surface area contributed by atoms with Crippen molar-refractivity contribution >= 4 is 27.5 Å². The van der Waals surface area contributed by atoms with E-state index in [1.165, 1.54) is 11.3 Å². The van der Waals surface area contributed by atoms with Gasteiger partial charge >= 0.3 is 0 Å². The molecule has 1 unspecified atom stereocenters. The van der Waals surface area contributed by atoms with Crippen LogP contribution in [0.15, 0.2) is 36.0 Å². The first kappa shape index (κ1) is 19.8. The molecule has 0 N–H and O–H groups in total. The number of hydrogen-bond donors (Lipinski definition) is 0. The van der Waals surface area contributed by atoms with Gasteiger partial charge in [-0.05, 0) is 36.3 Å². The molecule has 1 heterocycles. The molecule has 1 aliphatic carbocycles. The van der Waals surface area contributed by atoms with Gasteiger partial charge in [-0.25, -0.2) is 4.98 Å². The molecule has 0 radical (unpaired) electrons. The molecule has 0 saturated heterocycles. The lowest BCUT2D eigenvalue weighted by Crippen LogP contribution is -2.39. The summed E-state index contributed by atoms with van der Waals surface area (Å²) in [5, 5.41) is 0.530. The Morgan fingerprint density at radius 1 is 1.37 bits per heavy atom. The van der Waals surface area contributed by atoms with Gasteiger partial charge in [-0.15, -0.1) is 0 Å². The van der Waals surface area contributed by atoms with E-state index in [9.17, 15) is 4.79 Å². The lowest BCUT2D eigenvalue weighted by Gasteiger charge is -2.36. The van der Waals surface area contributed by atoms with Crippen LogP contribution >= 0.6 is 11.3 Å². The molecule has 0 fully saturated rings. The van der Waals surface area contributed by atoms with Crippen LogP contribution in [0.25, 0.3) is 10.2 Å². The molecule has 0 saturated carbocycles. The second kappa shape index (κ2) is 8.40. The Balaban J connectivity index is 1.72. The Kier molecular flexibility index (Phi) is 6.17. The van der Waals surface area contributed by atoms with E-state index in [-0.39, 0.29) is 17.9 Å². The highest BCUT2D eigenvalue weighted by Gasteiger charge is 2.30. The van der Waals surface area contributed by atoms with Crippen LogP contribution in [0.3, 0.4) is 0 Å². The average Bonchev–Trinajstić information content (AvgIpc) is 3.01. The number of methoxy groups -OCH3 is 1. The number of hydrogen-bond acceptors (Lipinski definition) is 5. The molecule has 2 aromatic rings. The zero-order chi connectivity index (χ0) is 19.4. The number of carbonyl (C=O) groups excluding carboxylic acids is 1. The molecular weight excluding hydrogens is 360 g/mol. The van der Waals surface area contributed by atoms with E-state index in [0.29, 0.717) is 24.3 Å². The molecule has 1 aromatic heterocycles. The van der Waals surface area contributed by atoms with Gasteiger partial charge in [0.1, 0.15) is 0 Å². The third kappa shape index (κ3) is 5.08. The molecule has 1 aromatic carbocycles. The number of carbonyl (C=O) groups is 1. The van der Waals surface area contributed by atoms with Crippen LogP contribution in [0, 0.1) is 11.3 Å². The van der Waals surface area contributed by atoms with Gasteiger partial charge in [0, 0.05) is 19.4 Å². The second-order valence-corrected chi connectivity index (χ2v) is 8.91. The number of amides is 1. The maximum atomic E-state index is 12.9. The fourth-order valence-corrected chi connectivity index (χ4v) is 4.62. The minimum absolute atomic E-state index is 0.0182. The number of para-hydroxylation sites is 1. The Hall–Kier alpha value is -1.92. The highest BCUT2D eigenvalue weighted by Crippen LogP contribution is 2.38. The van der Waals surface area contributed by atoms with Gasteiger partial charge in [-0.2, -0.15) is 0 Å². The minimum Gasteiger partial charge on any atom is -0.460 e.